The first-order valence-electron chi connectivity index (χ1n) is 5.78. The maximum atomic E-state index is 6.02. The summed E-state index contributed by atoms with van der Waals surface area (Å²) in [7, 11) is 1.42. The lowest BCUT2D eigenvalue weighted by molar-refractivity contribution is 0.00578. The molecule has 0 amide bonds. The van der Waals surface area contributed by atoms with E-state index in [1.807, 2.05) is 0 Å². The third-order valence-electron chi connectivity index (χ3n) is 3.56. The van der Waals surface area contributed by atoms with Gasteiger partial charge in [0, 0.05) is 12.0 Å². The summed E-state index contributed by atoms with van der Waals surface area (Å²) < 4.78 is 17.2. The minimum absolute atomic E-state index is 0.281. The van der Waals surface area contributed by atoms with Crippen molar-refractivity contribution in [2.45, 2.75) is 45.5 Å². The first-order valence-corrected chi connectivity index (χ1v) is 6.66. The molecule has 0 saturated carbocycles. The lowest BCUT2D eigenvalue weighted by Gasteiger charge is -2.32. The van der Waals surface area contributed by atoms with E-state index in [-0.39, 0.29) is 18.3 Å². The van der Waals surface area contributed by atoms with Gasteiger partial charge < -0.3 is 14.0 Å². The van der Waals surface area contributed by atoms with Crippen LogP contribution in [0, 0.1) is 0 Å². The second-order valence-electron chi connectivity index (χ2n) is 5.32. The quantitative estimate of drug-likeness (QED) is 0.774. The van der Waals surface area contributed by atoms with Gasteiger partial charge in [-0.1, -0.05) is 6.07 Å². The van der Waals surface area contributed by atoms with Gasteiger partial charge in [0.1, 0.15) is 0 Å². The predicted molar refractivity (Wildman–Crippen MR) is 70.7 cm³/mol. The molecule has 0 aromatic carbocycles. The third kappa shape index (κ3) is 2.29. The molecule has 1 aromatic heterocycles. The van der Waals surface area contributed by atoms with Gasteiger partial charge >= 0.3 is 7.12 Å². The Balaban J connectivity index is 2.23. The van der Waals surface area contributed by atoms with Crippen molar-refractivity contribution < 1.29 is 14.0 Å². The van der Waals surface area contributed by atoms with Crippen LogP contribution in [0.4, 0.5) is 0 Å². The zero-order chi connectivity index (χ0) is 12.7. The van der Waals surface area contributed by atoms with Crippen molar-refractivity contribution in [3.63, 3.8) is 0 Å². The largest absolute Gasteiger partial charge is 0.496 e. The Bertz CT molecular complexity index is 384. The molecule has 0 radical (unpaired) electrons. The van der Waals surface area contributed by atoms with Crippen molar-refractivity contribution in [1.82, 2.24) is 0 Å². The topological polar surface area (TPSA) is 27.7 Å². The number of hydrogen-bond donors (Lipinski definition) is 0. The van der Waals surface area contributed by atoms with Gasteiger partial charge in [0.05, 0.1) is 17.8 Å². The molecule has 2 heterocycles. The van der Waals surface area contributed by atoms with Crippen molar-refractivity contribution in [2.24, 2.45) is 0 Å². The van der Waals surface area contributed by atoms with Crippen LogP contribution >= 0.6 is 11.3 Å². The number of rotatable bonds is 3. The molecular weight excluding hydrogens is 235 g/mol. The van der Waals surface area contributed by atoms with Crippen LogP contribution in [-0.4, -0.2) is 25.4 Å². The number of thiophene rings is 1. The Hall–Kier alpha value is -0.355. The summed E-state index contributed by atoms with van der Waals surface area (Å²) in [6.45, 7) is 8.87. The van der Waals surface area contributed by atoms with Crippen LogP contribution in [0.1, 0.15) is 32.6 Å². The van der Waals surface area contributed by atoms with Gasteiger partial charge in [0.15, 0.2) is 0 Å². The van der Waals surface area contributed by atoms with Gasteiger partial charge in [-0.2, -0.15) is 0 Å². The van der Waals surface area contributed by atoms with E-state index in [0.717, 1.165) is 5.46 Å². The van der Waals surface area contributed by atoms with Crippen LogP contribution < -0.4 is 5.46 Å². The third-order valence-corrected chi connectivity index (χ3v) is 4.47. The van der Waals surface area contributed by atoms with Crippen molar-refractivity contribution >= 4 is 23.9 Å². The molecule has 0 atom stereocenters. The fourth-order valence-electron chi connectivity index (χ4n) is 1.78. The first kappa shape index (κ1) is 13.1. The molecule has 1 fully saturated rings. The smallest absolute Gasteiger partial charge is 0.399 e. The van der Waals surface area contributed by atoms with Gasteiger partial charge in [-0.25, -0.2) is 0 Å². The molecule has 0 N–H and O–H groups in total. The van der Waals surface area contributed by atoms with Crippen LogP contribution in [0.5, 0.6) is 0 Å². The van der Waals surface area contributed by atoms with E-state index in [4.69, 9.17) is 14.0 Å². The molecule has 94 valence electrons. The monoisotopic (exact) mass is 254 g/mol. The molecule has 0 spiro atoms. The highest BCUT2D eigenvalue weighted by Gasteiger charge is 2.52. The normalized spacial score (nSPS) is 22.1. The summed E-state index contributed by atoms with van der Waals surface area (Å²) in [5.41, 5.74) is 0.518. The minimum Gasteiger partial charge on any atom is -0.399 e. The van der Waals surface area contributed by atoms with E-state index in [1.165, 1.54) is 4.88 Å². The standard InChI is InChI=1S/C12H19BO3S/c1-11(2)12(3,4)16-13(15-11)9-6-7-17-10(9)8-14-5/h6-7H,8H2,1-5H3. The van der Waals surface area contributed by atoms with Crippen molar-refractivity contribution in [2.75, 3.05) is 7.11 Å². The molecular formula is C12H19BO3S. The van der Waals surface area contributed by atoms with Crippen LogP contribution in [0.3, 0.4) is 0 Å². The lowest BCUT2D eigenvalue weighted by atomic mass is 9.79. The summed E-state index contributed by atoms with van der Waals surface area (Å²) in [6.07, 6.45) is 0. The molecule has 17 heavy (non-hydrogen) atoms. The number of hydrogen-bond acceptors (Lipinski definition) is 4. The molecule has 1 aliphatic rings. The average molecular weight is 254 g/mol. The van der Waals surface area contributed by atoms with Crippen LogP contribution in [-0.2, 0) is 20.7 Å². The Kier molecular flexibility index (Phi) is 3.38. The average Bonchev–Trinajstić information content (AvgIpc) is 2.71. The summed E-state index contributed by atoms with van der Waals surface area (Å²) in [5, 5.41) is 2.05. The summed E-state index contributed by atoms with van der Waals surface area (Å²) in [5.74, 6) is 0. The Morgan fingerprint density at radius 2 is 1.82 bits per heavy atom. The molecule has 0 unspecified atom stereocenters. The summed E-state index contributed by atoms with van der Waals surface area (Å²) in [4.78, 5) is 1.17. The second-order valence-corrected chi connectivity index (χ2v) is 6.32. The molecule has 5 heteroatoms. The molecule has 0 aliphatic carbocycles. The highest BCUT2D eigenvalue weighted by molar-refractivity contribution is 7.11. The zero-order valence-electron chi connectivity index (χ0n) is 11.1. The Morgan fingerprint density at radius 1 is 1.24 bits per heavy atom. The van der Waals surface area contributed by atoms with Gasteiger partial charge in [-0.05, 0) is 38.5 Å². The first-order chi connectivity index (χ1) is 7.87. The van der Waals surface area contributed by atoms with Gasteiger partial charge in [0.2, 0.25) is 0 Å². The van der Waals surface area contributed by atoms with E-state index in [0.29, 0.717) is 6.61 Å². The molecule has 1 saturated heterocycles. The van der Waals surface area contributed by atoms with Crippen molar-refractivity contribution in [1.29, 1.82) is 0 Å². The minimum atomic E-state index is -0.288. The summed E-state index contributed by atoms with van der Waals surface area (Å²) >= 11 is 1.68. The molecule has 1 aliphatic heterocycles. The molecule has 3 nitrogen and oxygen atoms in total. The molecule has 0 bridgehead atoms. The number of methoxy groups -OCH3 is 1. The van der Waals surface area contributed by atoms with Gasteiger partial charge in [0.25, 0.3) is 0 Å². The van der Waals surface area contributed by atoms with Crippen molar-refractivity contribution in [3.05, 3.63) is 16.3 Å². The van der Waals surface area contributed by atoms with E-state index < -0.39 is 0 Å². The fraction of sp³-hybridized carbons (Fsp3) is 0.667. The summed E-state index contributed by atoms with van der Waals surface area (Å²) in [6, 6.07) is 2.06. The Labute approximate surface area is 107 Å². The highest BCUT2D eigenvalue weighted by atomic mass is 32.1. The molecule has 2 rings (SSSR count). The van der Waals surface area contributed by atoms with Crippen LogP contribution in [0.15, 0.2) is 11.4 Å². The van der Waals surface area contributed by atoms with Gasteiger partial charge in [-0.3, -0.25) is 0 Å². The SMILES string of the molecule is COCc1sccc1B1OC(C)(C)C(C)(C)O1. The Morgan fingerprint density at radius 3 is 2.35 bits per heavy atom. The lowest BCUT2D eigenvalue weighted by Crippen LogP contribution is -2.41. The molecule has 1 aromatic rings. The second kappa shape index (κ2) is 4.39. The van der Waals surface area contributed by atoms with Gasteiger partial charge in [-0.15, -0.1) is 11.3 Å². The van der Waals surface area contributed by atoms with Crippen molar-refractivity contribution in [3.8, 4) is 0 Å². The maximum absolute atomic E-state index is 6.02. The highest BCUT2D eigenvalue weighted by Crippen LogP contribution is 2.36. The van der Waals surface area contributed by atoms with Crippen LogP contribution in [0.25, 0.3) is 0 Å². The predicted octanol–water partition coefficient (Wildman–Crippen LogP) is 2.19. The van der Waals surface area contributed by atoms with Crippen LogP contribution in [0.2, 0.25) is 0 Å². The van der Waals surface area contributed by atoms with E-state index in [1.54, 1.807) is 18.4 Å². The number of ether oxygens (including phenoxy) is 1. The zero-order valence-corrected chi connectivity index (χ0v) is 11.9. The fourth-order valence-corrected chi connectivity index (χ4v) is 2.64. The maximum Gasteiger partial charge on any atom is 0.496 e. The van der Waals surface area contributed by atoms with E-state index in [2.05, 4.69) is 39.1 Å². The van der Waals surface area contributed by atoms with E-state index in [9.17, 15) is 0 Å². The van der Waals surface area contributed by atoms with E-state index >= 15 is 0 Å².